The van der Waals surface area contributed by atoms with Crippen molar-refractivity contribution >= 4 is 34.4 Å². The third-order valence-electron chi connectivity index (χ3n) is 5.57. The molecular weight excluding hydrogens is 366 g/mol. The number of aromatic nitrogens is 2. The van der Waals surface area contributed by atoms with Crippen molar-refractivity contribution in [3.05, 3.63) is 42.5 Å². The van der Waals surface area contributed by atoms with E-state index < -0.39 is 0 Å². The summed E-state index contributed by atoms with van der Waals surface area (Å²) in [5.74, 6) is 2.50. The number of anilines is 1. The zero-order valence-electron chi connectivity index (χ0n) is 16.3. The Morgan fingerprint density at radius 1 is 1.14 bits per heavy atom. The molecule has 1 aliphatic carbocycles. The molecule has 0 radical (unpaired) electrons. The first-order valence-electron chi connectivity index (χ1n) is 10.2. The molecule has 1 saturated carbocycles. The molecular formula is C23H27N3OS. The van der Waals surface area contributed by atoms with E-state index in [1.807, 2.05) is 17.8 Å². The van der Waals surface area contributed by atoms with Gasteiger partial charge in [0.15, 0.2) is 5.82 Å². The molecule has 1 aromatic heterocycles. The van der Waals surface area contributed by atoms with E-state index in [0.29, 0.717) is 12.2 Å². The number of aromatic amines is 1. The number of thioether (sulfide) groups is 1. The van der Waals surface area contributed by atoms with E-state index >= 15 is 0 Å². The van der Waals surface area contributed by atoms with Crippen molar-refractivity contribution in [3.8, 4) is 11.1 Å². The van der Waals surface area contributed by atoms with Crippen molar-refractivity contribution in [1.82, 2.24) is 10.2 Å². The highest BCUT2D eigenvalue weighted by molar-refractivity contribution is 7.99. The van der Waals surface area contributed by atoms with Crippen LogP contribution in [0.25, 0.3) is 22.0 Å². The number of rotatable bonds is 7. The van der Waals surface area contributed by atoms with E-state index in [-0.39, 0.29) is 5.91 Å². The number of H-pyrrole nitrogens is 1. The molecule has 1 amide bonds. The molecule has 0 saturated heterocycles. The lowest BCUT2D eigenvalue weighted by molar-refractivity contribution is -0.116. The highest BCUT2D eigenvalue weighted by Crippen LogP contribution is 2.30. The molecule has 4 nitrogen and oxygen atoms in total. The van der Waals surface area contributed by atoms with Gasteiger partial charge in [-0.15, -0.1) is 11.8 Å². The summed E-state index contributed by atoms with van der Waals surface area (Å²) in [6.07, 6.45) is 6.76. The number of amides is 1. The van der Waals surface area contributed by atoms with E-state index in [1.54, 1.807) is 0 Å². The fourth-order valence-corrected chi connectivity index (χ4v) is 4.70. The highest BCUT2D eigenvalue weighted by atomic mass is 32.2. The van der Waals surface area contributed by atoms with Gasteiger partial charge >= 0.3 is 0 Å². The standard InChI is InChI=1S/C23H27N3OS/c1-2-28-19-11-8-17(9-12-19)18-10-13-20-21(15-18)25-26-23(20)24-22(27)14-7-16-5-3-4-6-16/h8-13,15-16H,2-7,14H2,1H3,(H2,24,25,26,27). The van der Waals surface area contributed by atoms with E-state index in [0.717, 1.165) is 34.6 Å². The van der Waals surface area contributed by atoms with Gasteiger partial charge < -0.3 is 5.32 Å². The number of nitrogens with one attached hydrogen (secondary N) is 2. The number of benzene rings is 2. The number of nitrogens with zero attached hydrogens (tertiary/aromatic N) is 1. The molecule has 28 heavy (non-hydrogen) atoms. The largest absolute Gasteiger partial charge is 0.309 e. The number of carbonyl (C=O) groups excluding carboxylic acids is 1. The molecule has 1 fully saturated rings. The second kappa shape index (κ2) is 8.82. The fourth-order valence-electron chi connectivity index (χ4n) is 4.03. The molecule has 146 valence electrons. The third-order valence-corrected chi connectivity index (χ3v) is 6.47. The first-order chi connectivity index (χ1) is 13.7. The van der Waals surface area contributed by atoms with Gasteiger partial charge in [0.1, 0.15) is 0 Å². The monoisotopic (exact) mass is 393 g/mol. The number of hydrogen-bond acceptors (Lipinski definition) is 3. The Labute approximate surface area is 170 Å². The summed E-state index contributed by atoms with van der Waals surface area (Å²) in [6, 6.07) is 14.9. The normalized spacial score (nSPS) is 14.6. The van der Waals surface area contributed by atoms with Crippen molar-refractivity contribution < 1.29 is 4.79 Å². The quantitative estimate of drug-likeness (QED) is 0.466. The SMILES string of the molecule is CCSc1ccc(-c2ccc3c(NC(=O)CCC4CCCC4)n[nH]c3c2)cc1. The molecule has 2 N–H and O–H groups in total. The predicted octanol–water partition coefficient (Wildman–Crippen LogP) is 6.25. The Kier molecular flexibility index (Phi) is 6.01. The zero-order chi connectivity index (χ0) is 19.3. The average molecular weight is 394 g/mol. The van der Waals surface area contributed by atoms with Crippen molar-refractivity contribution in [3.63, 3.8) is 0 Å². The second-order valence-electron chi connectivity index (χ2n) is 7.53. The lowest BCUT2D eigenvalue weighted by Crippen LogP contribution is -2.13. The Morgan fingerprint density at radius 3 is 2.64 bits per heavy atom. The maximum atomic E-state index is 12.3. The third kappa shape index (κ3) is 4.41. The molecule has 0 aliphatic heterocycles. The van der Waals surface area contributed by atoms with Crippen LogP contribution in [-0.4, -0.2) is 21.9 Å². The van der Waals surface area contributed by atoms with Gasteiger partial charge in [-0.2, -0.15) is 5.10 Å². The van der Waals surface area contributed by atoms with Crippen LogP contribution in [0.4, 0.5) is 5.82 Å². The first kappa shape index (κ1) is 19.1. The first-order valence-corrected chi connectivity index (χ1v) is 11.2. The van der Waals surface area contributed by atoms with Crippen LogP contribution in [0, 0.1) is 5.92 Å². The van der Waals surface area contributed by atoms with E-state index in [4.69, 9.17) is 0 Å². The minimum Gasteiger partial charge on any atom is -0.309 e. The lowest BCUT2D eigenvalue weighted by Gasteiger charge is -2.08. The van der Waals surface area contributed by atoms with Gasteiger partial charge in [0.2, 0.25) is 5.91 Å². The molecule has 1 aliphatic rings. The predicted molar refractivity (Wildman–Crippen MR) is 118 cm³/mol. The molecule has 0 spiro atoms. The molecule has 4 rings (SSSR count). The summed E-state index contributed by atoms with van der Waals surface area (Å²) < 4.78 is 0. The van der Waals surface area contributed by atoms with E-state index in [1.165, 1.54) is 36.1 Å². The van der Waals surface area contributed by atoms with Gasteiger partial charge in [-0.1, -0.05) is 50.8 Å². The second-order valence-corrected chi connectivity index (χ2v) is 8.86. The Bertz CT molecular complexity index is 942. The van der Waals surface area contributed by atoms with Crippen LogP contribution in [0.5, 0.6) is 0 Å². The molecule has 0 unspecified atom stereocenters. The van der Waals surface area contributed by atoms with Crippen LogP contribution in [0.3, 0.4) is 0 Å². The van der Waals surface area contributed by atoms with Gasteiger partial charge in [-0.05, 0) is 53.5 Å². The summed E-state index contributed by atoms with van der Waals surface area (Å²) in [5.41, 5.74) is 3.26. The maximum absolute atomic E-state index is 12.3. The lowest BCUT2D eigenvalue weighted by atomic mass is 10.0. The van der Waals surface area contributed by atoms with Gasteiger partial charge in [0, 0.05) is 16.7 Å². The summed E-state index contributed by atoms with van der Waals surface area (Å²) in [4.78, 5) is 13.6. The summed E-state index contributed by atoms with van der Waals surface area (Å²) in [5, 5.41) is 11.3. The topological polar surface area (TPSA) is 57.8 Å². The van der Waals surface area contributed by atoms with Gasteiger partial charge in [0.25, 0.3) is 0 Å². The van der Waals surface area contributed by atoms with E-state index in [9.17, 15) is 4.79 Å². The van der Waals surface area contributed by atoms with Crippen molar-refractivity contribution in [2.24, 2.45) is 5.92 Å². The molecule has 3 aromatic rings. The summed E-state index contributed by atoms with van der Waals surface area (Å²) >= 11 is 1.85. The van der Waals surface area contributed by atoms with Gasteiger partial charge in [-0.3, -0.25) is 9.89 Å². The minimum absolute atomic E-state index is 0.0633. The molecule has 0 bridgehead atoms. The van der Waals surface area contributed by atoms with Crippen molar-refractivity contribution in [1.29, 1.82) is 0 Å². The van der Waals surface area contributed by atoms with E-state index in [2.05, 4.69) is 58.8 Å². The van der Waals surface area contributed by atoms with Crippen molar-refractivity contribution in [2.75, 3.05) is 11.1 Å². The Morgan fingerprint density at radius 2 is 1.89 bits per heavy atom. The van der Waals surface area contributed by atoms with Crippen molar-refractivity contribution in [2.45, 2.75) is 50.3 Å². The summed E-state index contributed by atoms with van der Waals surface area (Å²) in [7, 11) is 0. The zero-order valence-corrected chi connectivity index (χ0v) is 17.1. The molecule has 5 heteroatoms. The van der Waals surface area contributed by atoms with Crippen LogP contribution in [0.1, 0.15) is 45.4 Å². The Balaban J connectivity index is 1.44. The molecule has 0 atom stereocenters. The summed E-state index contributed by atoms with van der Waals surface area (Å²) in [6.45, 7) is 2.16. The minimum atomic E-state index is 0.0633. The number of fused-ring (bicyclic) bond motifs is 1. The smallest absolute Gasteiger partial charge is 0.225 e. The van der Waals surface area contributed by atoms with Crippen LogP contribution in [-0.2, 0) is 4.79 Å². The number of hydrogen-bond donors (Lipinski definition) is 2. The van der Waals surface area contributed by atoms with Crippen LogP contribution in [0.15, 0.2) is 47.4 Å². The molecule has 2 aromatic carbocycles. The maximum Gasteiger partial charge on any atom is 0.225 e. The van der Waals surface area contributed by atoms with Crippen LogP contribution < -0.4 is 5.32 Å². The van der Waals surface area contributed by atoms with Crippen LogP contribution >= 0.6 is 11.8 Å². The van der Waals surface area contributed by atoms with Gasteiger partial charge in [-0.25, -0.2) is 0 Å². The fraction of sp³-hybridized carbons (Fsp3) is 0.391. The number of carbonyl (C=O) groups is 1. The van der Waals surface area contributed by atoms with Crippen LogP contribution in [0.2, 0.25) is 0 Å². The average Bonchev–Trinajstić information content (AvgIpc) is 3.37. The molecule has 1 heterocycles. The highest BCUT2D eigenvalue weighted by Gasteiger charge is 2.17. The van der Waals surface area contributed by atoms with Gasteiger partial charge in [0.05, 0.1) is 5.52 Å². The Hall–Kier alpha value is -2.27.